The Morgan fingerprint density at radius 3 is 2.79 bits per heavy atom. The van der Waals surface area contributed by atoms with Gasteiger partial charge < -0.3 is 15.2 Å². The molecule has 0 unspecified atom stereocenters. The van der Waals surface area contributed by atoms with Crippen LogP contribution in [0.15, 0.2) is 29.6 Å². The summed E-state index contributed by atoms with van der Waals surface area (Å²) in [5.41, 5.74) is 0.803. The Labute approximate surface area is 114 Å². The lowest BCUT2D eigenvalue weighted by atomic mass is 10.3. The number of benzene rings is 1. The quantitative estimate of drug-likeness (QED) is 0.877. The molecule has 0 radical (unpaired) electrons. The summed E-state index contributed by atoms with van der Waals surface area (Å²) >= 11 is 1.24. The lowest BCUT2D eigenvalue weighted by molar-refractivity contribution is 0.0691. The summed E-state index contributed by atoms with van der Waals surface area (Å²) in [6, 6.07) is 7.47. The van der Waals surface area contributed by atoms with Gasteiger partial charge in [0.2, 0.25) is 0 Å². The van der Waals surface area contributed by atoms with E-state index in [1.807, 2.05) is 38.1 Å². The van der Waals surface area contributed by atoms with Crippen LogP contribution in [0.2, 0.25) is 0 Å². The van der Waals surface area contributed by atoms with Crippen LogP contribution in [0.25, 0.3) is 0 Å². The van der Waals surface area contributed by atoms with E-state index >= 15 is 0 Å². The molecule has 0 aliphatic carbocycles. The number of rotatable bonds is 5. The summed E-state index contributed by atoms with van der Waals surface area (Å²) in [5.74, 6) is -0.319. The van der Waals surface area contributed by atoms with Crippen LogP contribution in [0.3, 0.4) is 0 Å². The normalized spacial score (nSPS) is 10.5. The molecule has 2 aromatic rings. The molecule has 0 bridgehead atoms. The zero-order chi connectivity index (χ0) is 13.8. The Morgan fingerprint density at radius 1 is 1.42 bits per heavy atom. The molecule has 0 amide bonds. The summed E-state index contributed by atoms with van der Waals surface area (Å²) in [5, 5.41) is 13.9. The maximum absolute atomic E-state index is 10.8. The molecule has 19 heavy (non-hydrogen) atoms. The SMILES string of the molecule is CC(C)Oc1ccccc1Nc1nc(C(=O)O)cs1. The lowest BCUT2D eigenvalue weighted by Gasteiger charge is -2.14. The van der Waals surface area contributed by atoms with E-state index in [0.29, 0.717) is 10.9 Å². The highest BCUT2D eigenvalue weighted by Gasteiger charge is 2.10. The first-order chi connectivity index (χ1) is 9.06. The minimum Gasteiger partial charge on any atom is -0.489 e. The van der Waals surface area contributed by atoms with Crippen LogP contribution >= 0.6 is 11.3 Å². The highest BCUT2D eigenvalue weighted by atomic mass is 32.1. The molecule has 0 saturated carbocycles. The zero-order valence-electron chi connectivity index (χ0n) is 10.6. The second-order valence-corrected chi connectivity index (χ2v) is 4.99. The molecule has 6 heteroatoms. The molecule has 5 nitrogen and oxygen atoms in total. The Bertz CT molecular complexity index is 581. The number of aromatic nitrogens is 1. The molecule has 1 aromatic heterocycles. The highest BCUT2D eigenvalue weighted by Crippen LogP contribution is 2.29. The molecule has 0 saturated heterocycles. The van der Waals surface area contributed by atoms with Gasteiger partial charge in [-0.25, -0.2) is 9.78 Å². The average molecular weight is 278 g/mol. The first-order valence-corrected chi connectivity index (χ1v) is 6.65. The monoisotopic (exact) mass is 278 g/mol. The van der Waals surface area contributed by atoms with Gasteiger partial charge in [-0.15, -0.1) is 11.3 Å². The van der Waals surface area contributed by atoms with Gasteiger partial charge in [0.1, 0.15) is 5.75 Å². The number of nitrogens with one attached hydrogen (secondary N) is 1. The number of carboxylic acid groups (broad SMARTS) is 1. The van der Waals surface area contributed by atoms with Gasteiger partial charge in [0.25, 0.3) is 0 Å². The van der Waals surface area contributed by atoms with Crippen LogP contribution in [0.4, 0.5) is 10.8 Å². The molecule has 0 fully saturated rings. The van der Waals surface area contributed by atoms with Gasteiger partial charge in [0, 0.05) is 5.38 Å². The van der Waals surface area contributed by atoms with Gasteiger partial charge >= 0.3 is 5.97 Å². The van der Waals surface area contributed by atoms with E-state index in [1.165, 1.54) is 16.7 Å². The Kier molecular flexibility index (Phi) is 4.01. The van der Waals surface area contributed by atoms with Crippen molar-refractivity contribution >= 4 is 28.1 Å². The van der Waals surface area contributed by atoms with E-state index in [-0.39, 0.29) is 11.8 Å². The van der Waals surface area contributed by atoms with Gasteiger partial charge in [0.05, 0.1) is 11.8 Å². The maximum Gasteiger partial charge on any atom is 0.355 e. The number of carbonyl (C=O) groups is 1. The molecule has 100 valence electrons. The summed E-state index contributed by atoms with van der Waals surface area (Å²) in [7, 11) is 0. The first kappa shape index (κ1) is 13.4. The van der Waals surface area contributed by atoms with Gasteiger partial charge in [0.15, 0.2) is 10.8 Å². The van der Waals surface area contributed by atoms with E-state index in [0.717, 1.165) is 5.69 Å². The number of nitrogens with zero attached hydrogens (tertiary/aromatic N) is 1. The Balaban J connectivity index is 2.20. The summed E-state index contributed by atoms with van der Waals surface area (Å²) in [4.78, 5) is 14.7. The van der Waals surface area contributed by atoms with Crippen molar-refractivity contribution in [1.82, 2.24) is 4.98 Å². The second-order valence-electron chi connectivity index (χ2n) is 4.13. The van der Waals surface area contributed by atoms with Gasteiger partial charge in [-0.2, -0.15) is 0 Å². The smallest absolute Gasteiger partial charge is 0.355 e. The van der Waals surface area contributed by atoms with Crippen molar-refractivity contribution in [1.29, 1.82) is 0 Å². The van der Waals surface area contributed by atoms with E-state index in [9.17, 15) is 4.79 Å². The molecular formula is C13H14N2O3S. The number of hydrogen-bond acceptors (Lipinski definition) is 5. The summed E-state index contributed by atoms with van der Waals surface area (Å²) in [6.07, 6.45) is 0.0637. The fraction of sp³-hybridized carbons (Fsp3) is 0.231. The predicted octanol–water partition coefficient (Wildman–Crippen LogP) is 3.37. The van der Waals surface area contributed by atoms with Crippen LogP contribution < -0.4 is 10.1 Å². The topological polar surface area (TPSA) is 71.5 Å². The third-order valence-electron chi connectivity index (χ3n) is 2.21. The third-order valence-corrected chi connectivity index (χ3v) is 2.97. The standard InChI is InChI=1S/C13H14N2O3S/c1-8(2)18-11-6-4-3-5-9(11)14-13-15-10(7-19-13)12(16)17/h3-8H,1-2H3,(H,14,15)(H,16,17). The van der Waals surface area contributed by atoms with Gasteiger partial charge in [-0.1, -0.05) is 12.1 Å². The molecule has 2 rings (SSSR count). The molecule has 0 aliphatic heterocycles. The van der Waals surface area contributed by atoms with Crippen molar-refractivity contribution in [3.8, 4) is 5.75 Å². The number of hydrogen-bond donors (Lipinski definition) is 2. The lowest BCUT2D eigenvalue weighted by Crippen LogP contribution is -2.07. The molecular weight excluding hydrogens is 264 g/mol. The van der Waals surface area contributed by atoms with Crippen molar-refractivity contribution in [3.63, 3.8) is 0 Å². The van der Waals surface area contributed by atoms with Crippen molar-refractivity contribution in [2.45, 2.75) is 20.0 Å². The van der Waals surface area contributed by atoms with Crippen molar-refractivity contribution in [2.75, 3.05) is 5.32 Å². The number of ether oxygens (including phenoxy) is 1. The molecule has 0 spiro atoms. The second kappa shape index (κ2) is 5.71. The Hall–Kier alpha value is -2.08. The summed E-state index contributed by atoms with van der Waals surface area (Å²) < 4.78 is 5.67. The largest absolute Gasteiger partial charge is 0.489 e. The number of thiazole rings is 1. The third kappa shape index (κ3) is 3.45. The van der Waals surface area contributed by atoms with Crippen molar-refractivity contribution < 1.29 is 14.6 Å². The van der Waals surface area contributed by atoms with Crippen LogP contribution in [0, 0.1) is 0 Å². The van der Waals surface area contributed by atoms with Crippen LogP contribution in [-0.2, 0) is 0 Å². The highest BCUT2D eigenvalue weighted by molar-refractivity contribution is 7.14. The van der Waals surface area contributed by atoms with E-state index in [2.05, 4.69) is 10.3 Å². The van der Waals surface area contributed by atoms with E-state index < -0.39 is 5.97 Å². The Morgan fingerprint density at radius 2 is 2.16 bits per heavy atom. The van der Waals surface area contributed by atoms with Crippen molar-refractivity contribution in [2.24, 2.45) is 0 Å². The predicted molar refractivity (Wildman–Crippen MR) is 74.6 cm³/mol. The van der Waals surface area contributed by atoms with Crippen LogP contribution in [-0.4, -0.2) is 22.2 Å². The fourth-order valence-electron chi connectivity index (χ4n) is 1.47. The average Bonchev–Trinajstić information content (AvgIpc) is 2.80. The van der Waals surface area contributed by atoms with E-state index in [1.54, 1.807) is 0 Å². The molecule has 2 N–H and O–H groups in total. The first-order valence-electron chi connectivity index (χ1n) is 5.78. The number of aromatic carboxylic acids is 1. The van der Waals surface area contributed by atoms with Crippen LogP contribution in [0.1, 0.15) is 24.3 Å². The number of anilines is 2. The van der Waals surface area contributed by atoms with Gasteiger partial charge in [-0.05, 0) is 26.0 Å². The van der Waals surface area contributed by atoms with Crippen molar-refractivity contribution in [3.05, 3.63) is 35.3 Å². The number of para-hydroxylation sites is 2. The number of carboxylic acids is 1. The van der Waals surface area contributed by atoms with Crippen LogP contribution in [0.5, 0.6) is 5.75 Å². The van der Waals surface area contributed by atoms with Gasteiger partial charge in [-0.3, -0.25) is 0 Å². The summed E-state index contributed by atoms with van der Waals surface area (Å²) in [6.45, 7) is 3.89. The molecule has 0 aliphatic rings. The molecule has 1 heterocycles. The minimum absolute atomic E-state index is 0.0368. The minimum atomic E-state index is -1.03. The maximum atomic E-state index is 10.8. The fourth-order valence-corrected chi connectivity index (χ4v) is 2.17. The zero-order valence-corrected chi connectivity index (χ0v) is 11.4. The molecule has 0 atom stereocenters. The van der Waals surface area contributed by atoms with E-state index in [4.69, 9.17) is 9.84 Å². The molecule has 1 aromatic carbocycles.